The van der Waals surface area contributed by atoms with Crippen LogP contribution in [0.15, 0.2) is 42.7 Å². The highest BCUT2D eigenvalue weighted by Gasteiger charge is 2.16. The van der Waals surface area contributed by atoms with Crippen LogP contribution >= 0.6 is 0 Å². The van der Waals surface area contributed by atoms with Gasteiger partial charge in [0, 0.05) is 25.5 Å². The number of amides is 1. The van der Waals surface area contributed by atoms with E-state index in [9.17, 15) is 4.79 Å². The molecule has 0 radical (unpaired) electrons. The van der Waals surface area contributed by atoms with Crippen molar-refractivity contribution in [2.45, 2.75) is 6.54 Å². The Kier molecular flexibility index (Phi) is 4.20. The maximum absolute atomic E-state index is 12.4. The number of carbonyl (C=O) groups is 1. The number of carbonyl (C=O) groups excluding carboxylic acids is 1. The SMILES string of the molecule is COc1cnccc1C(=O)N(C)Cc1ccc(N)cc1. The fourth-order valence-electron chi connectivity index (χ4n) is 1.89. The molecule has 2 N–H and O–H groups in total. The standard InChI is InChI=1S/C15H17N3O2/c1-18(10-11-3-5-12(16)6-4-11)15(19)13-7-8-17-9-14(13)20-2/h3-9H,10,16H2,1-2H3. The van der Waals surface area contributed by atoms with Crippen molar-refractivity contribution in [2.75, 3.05) is 19.9 Å². The number of nitrogens with two attached hydrogens (primary N) is 1. The summed E-state index contributed by atoms with van der Waals surface area (Å²) in [6.07, 6.45) is 3.11. The van der Waals surface area contributed by atoms with Crippen LogP contribution in [0.2, 0.25) is 0 Å². The highest BCUT2D eigenvalue weighted by Crippen LogP contribution is 2.18. The van der Waals surface area contributed by atoms with Crippen LogP contribution in [0.3, 0.4) is 0 Å². The number of aromatic nitrogens is 1. The molecule has 0 saturated heterocycles. The van der Waals surface area contributed by atoms with E-state index in [4.69, 9.17) is 10.5 Å². The number of pyridine rings is 1. The molecule has 104 valence electrons. The van der Waals surface area contributed by atoms with Gasteiger partial charge in [-0.3, -0.25) is 9.78 Å². The number of anilines is 1. The second-order valence-corrected chi connectivity index (χ2v) is 4.48. The van der Waals surface area contributed by atoms with Crippen molar-refractivity contribution in [2.24, 2.45) is 0 Å². The summed E-state index contributed by atoms with van der Waals surface area (Å²) in [5.74, 6) is 0.364. The fourth-order valence-corrected chi connectivity index (χ4v) is 1.89. The second kappa shape index (κ2) is 6.06. The lowest BCUT2D eigenvalue weighted by Crippen LogP contribution is -2.26. The molecular weight excluding hydrogens is 254 g/mol. The van der Waals surface area contributed by atoms with Crippen molar-refractivity contribution in [3.8, 4) is 5.75 Å². The van der Waals surface area contributed by atoms with Gasteiger partial charge < -0.3 is 15.4 Å². The molecule has 0 atom stereocenters. The Hall–Kier alpha value is -2.56. The van der Waals surface area contributed by atoms with Gasteiger partial charge in [0.15, 0.2) is 0 Å². The van der Waals surface area contributed by atoms with Crippen LogP contribution in [-0.2, 0) is 6.54 Å². The van der Waals surface area contributed by atoms with Gasteiger partial charge in [-0.2, -0.15) is 0 Å². The minimum atomic E-state index is -0.110. The second-order valence-electron chi connectivity index (χ2n) is 4.48. The molecule has 1 aromatic carbocycles. The third-order valence-corrected chi connectivity index (χ3v) is 2.98. The normalized spacial score (nSPS) is 10.1. The van der Waals surface area contributed by atoms with Crippen LogP contribution in [0.5, 0.6) is 5.75 Å². The van der Waals surface area contributed by atoms with Crippen molar-refractivity contribution in [1.82, 2.24) is 9.88 Å². The first kappa shape index (κ1) is 13.9. The van der Waals surface area contributed by atoms with E-state index in [0.717, 1.165) is 5.56 Å². The first-order chi connectivity index (χ1) is 9.61. The zero-order valence-electron chi connectivity index (χ0n) is 11.5. The maximum Gasteiger partial charge on any atom is 0.257 e. The van der Waals surface area contributed by atoms with Crippen LogP contribution in [0, 0.1) is 0 Å². The molecule has 1 aromatic heterocycles. The Morgan fingerprint density at radius 1 is 1.30 bits per heavy atom. The highest BCUT2D eigenvalue weighted by atomic mass is 16.5. The van der Waals surface area contributed by atoms with E-state index in [2.05, 4.69) is 4.98 Å². The first-order valence-electron chi connectivity index (χ1n) is 6.19. The summed E-state index contributed by atoms with van der Waals surface area (Å²) in [7, 11) is 3.27. The molecule has 5 heteroatoms. The summed E-state index contributed by atoms with van der Waals surface area (Å²) in [6, 6.07) is 9.10. The number of benzene rings is 1. The van der Waals surface area contributed by atoms with Crippen LogP contribution in [0.4, 0.5) is 5.69 Å². The first-order valence-corrected chi connectivity index (χ1v) is 6.19. The van der Waals surface area contributed by atoms with Gasteiger partial charge >= 0.3 is 0 Å². The van der Waals surface area contributed by atoms with Crippen molar-refractivity contribution in [3.05, 3.63) is 53.9 Å². The maximum atomic E-state index is 12.4. The molecule has 0 aliphatic rings. The molecule has 0 spiro atoms. The highest BCUT2D eigenvalue weighted by molar-refractivity contribution is 5.96. The zero-order chi connectivity index (χ0) is 14.5. The number of hydrogen-bond acceptors (Lipinski definition) is 4. The Balaban J connectivity index is 2.14. The van der Waals surface area contributed by atoms with Gasteiger partial charge in [0.05, 0.1) is 18.9 Å². The number of hydrogen-bond donors (Lipinski definition) is 1. The van der Waals surface area contributed by atoms with Gasteiger partial charge in [0.2, 0.25) is 0 Å². The van der Waals surface area contributed by atoms with E-state index in [0.29, 0.717) is 23.5 Å². The molecule has 1 heterocycles. The Morgan fingerprint density at radius 2 is 2.00 bits per heavy atom. The van der Waals surface area contributed by atoms with Gasteiger partial charge in [0.1, 0.15) is 5.75 Å². The molecule has 5 nitrogen and oxygen atoms in total. The van der Waals surface area contributed by atoms with E-state index in [1.54, 1.807) is 24.2 Å². The van der Waals surface area contributed by atoms with Gasteiger partial charge in [-0.1, -0.05) is 12.1 Å². The van der Waals surface area contributed by atoms with Crippen molar-refractivity contribution in [1.29, 1.82) is 0 Å². The lowest BCUT2D eigenvalue weighted by atomic mass is 10.1. The van der Waals surface area contributed by atoms with E-state index in [1.807, 2.05) is 24.3 Å². The number of ether oxygens (including phenoxy) is 1. The predicted molar refractivity (Wildman–Crippen MR) is 77.4 cm³/mol. The molecule has 0 fully saturated rings. The Bertz CT molecular complexity index is 596. The number of rotatable bonds is 4. The summed E-state index contributed by atoms with van der Waals surface area (Å²) in [5.41, 5.74) is 7.87. The van der Waals surface area contributed by atoms with E-state index < -0.39 is 0 Å². The van der Waals surface area contributed by atoms with Crippen LogP contribution < -0.4 is 10.5 Å². The van der Waals surface area contributed by atoms with Crippen LogP contribution in [-0.4, -0.2) is 29.9 Å². The average molecular weight is 271 g/mol. The summed E-state index contributed by atoms with van der Waals surface area (Å²) in [6.45, 7) is 0.505. The van der Waals surface area contributed by atoms with Gasteiger partial charge in [-0.25, -0.2) is 0 Å². The molecule has 20 heavy (non-hydrogen) atoms. The monoisotopic (exact) mass is 271 g/mol. The van der Waals surface area contributed by atoms with Gasteiger partial charge in [0.25, 0.3) is 5.91 Å². The molecular formula is C15H17N3O2. The smallest absolute Gasteiger partial charge is 0.257 e. The van der Waals surface area contributed by atoms with Gasteiger partial charge in [-0.05, 0) is 23.8 Å². The van der Waals surface area contributed by atoms with Gasteiger partial charge in [-0.15, -0.1) is 0 Å². The minimum absolute atomic E-state index is 0.110. The van der Waals surface area contributed by atoms with E-state index in [-0.39, 0.29) is 5.91 Å². The topological polar surface area (TPSA) is 68.5 Å². The third kappa shape index (κ3) is 3.06. The lowest BCUT2D eigenvalue weighted by Gasteiger charge is -2.18. The van der Waals surface area contributed by atoms with Crippen molar-refractivity contribution in [3.63, 3.8) is 0 Å². The Morgan fingerprint density at radius 3 is 2.65 bits per heavy atom. The largest absolute Gasteiger partial charge is 0.494 e. The minimum Gasteiger partial charge on any atom is -0.494 e. The molecule has 2 rings (SSSR count). The number of nitrogens with zero attached hydrogens (tertiary/aromatic N) is 2. The summed E-state index contributed by atoms with van der Waals surface area (Å²) in [5, 5.41) is 0. The molecule has 1 amide bonds. The fraction of sp³-hybridized carbons (Fsp3) is 0.200. The quantitative estimate of drug-likeness (QED) is 0.863. The summed E-state index contributed by atoms with van der Waals surface area (Å²) >= 11 is 0. The molecule has 0 bridgehead atoms. The zero-order valence-corrected chi connectivity index (χ0v) is 11.5. The molecule has 0 aliphatic heterocycles. The van der Waals surface area contributed by atoms with Crippen LogP contribution in [0.25, 0.3) is 0 Å². The summed E-state index contributed by atoms with van der Waals surface area (Å²) in [4.78, 5) is 18.0. The third-order valence-electron chi connectivity index (χ3n) is 2.98. The van der Waals surface area contributed by atoms with Crippen molar-refractivity contribution < 1.29 is 9.53 Å². The molecule has 2 aromatic rings. The summed E-state index contributed by atoms with van der Waals surface area (Å²) < 4.78 is 5.16. The lowest BCUT2D eigenvalue weighted by molar-refractivity contribution is 0.0781. The van der Waals surface area contributed by atoms with E-state index in [1.165, 1.54) is 13.3 Å². The predicted octanol–water partition coefficient (Wildman–Crippen LogP) is 1.94. The van der Waals surface area contributed by atoms with E-state index >= 15 is 0 Å². The van der Waals surface area contributed by atoms with Crippen LogP contribution in [0.1, 0.15) is 15.9 Å². The average Bonchev–Trinajstić information content (AvgIpc) is 2.48. The molecule has 0 unspecified atom stereocenters. The molecule has 0 saturated carbocycles. The Labute approximate surface area is 118 Å². The number of nitrogen functional groups attached to an aromatic ring is 1. The number of methoxy groups -OCH3 is 1. The molecule has 0 aliphatic carbocycles. The van der Waals surface area contributed by atoms with Crippen molar-refractivity contribution >= 4 is 11.6 Å².